The molecule has 146 valence electrons. The Hall–Kier alpha value is -2.60. The van der Waals surface area contributed by atoms with Gasteiger partial charge in [-0.1, -0.05) is 65.7 Å². The van der Waals surface area contributed by atoms with Crippen molar-refractivity contribution in [1.29, 1.82) is 0 Å². The summed E-state index contributed by atoms with van der Waals surface area (Å²) in [6, 6.07) is 19.1. The van der Waals surface area contributed by atoms with Crippen molar-refractivity contribution >= 4 is 56.3 Å². The van der Waals surface area contributed by atoms with Crippen molar-refractivity contribution in [3.05, 3.63) is 76.1 Å². The third-order valence-corrected chi connectivity index (χ3v) is 5.65. The summed E-state index contributed by atoms with van der Waals surface area (Å²) in [6.07, 6.45) is -0.751. The molecule has 1 atom stereocenters. The number of anilines is 1. The lowest BCUT2D eigenvalue weighted by Gasteiger charge is -2.14. The van der Waals surface area contributed by atoms with E-state index in [4.69, 9.17) is 27.9 Å². The summed E-state index contributed by atoms with van der Waals surface area (Å²) in [6.45, 7) is 1.65. The Morgan fingerprint density at radius 1 is 1.10 bits per heavy atom. The second-order valence-electron chi connectivity index (χ2n) is 6.39. The van der Waals surface area contributed by atoms with E-state index >= 15 is 0 Å². The van der Waals surface area contributed by atoms with Gasteiger partial charge < -0.3 is 4.74 Å². The molecule has 0 unspecified atom stereocenters. The number of carbonyl (C=O) groups is 1. The second-order valence-corrected chi connectivity index (χ2v) is 8.09. The highest BCUT2D eigenvalue weighted by Gasteiger charge is 2.18. The quantitative estimate of drug-likeness (QED) is 0.375. The second kappa shape index (κ2) is 8.41. The summed E-state index contributed by atoms with van der Waals surface area (Å²) < 4.78 is 5.66. The SMILES string of the molecule is C[C@H](Oc1ccc(Cl)cc1Cl)C(=O)Nc1nc(-c2cccc3ccccc23)cs1. The van der Waals surface area contributed by atoms with Crippen LogP contribution < -0.4 is 10.1 Å². The van der Waals surface area contributed by atoms with Gasteiger partial charge in [0.05, 0.1) is 10.7 Å². The van der Waals surface area contributed by atoms with Crippen molar-refractivity contribution in [2.45, 2.75) is 13.0 Å². The van der Waals surface area contributed by atoms with E-state index in [1.165, 1.54) is 11.3 Å². The largest absolute Gasteiger partial charge is 0.479 e. The van der Waals surface area contributed by atoms with Gasteiger partial charge in [-0.3, -0.25) is 10.1 Å². The fourth-order valence-corrected chi connectivity index (χ4v) is 4.09. The van der Waals surface area contributed by atoms with Crippen LogP contribution in [0.25, 0.3) is 22.0 Å². The van der Waals surface area contributed by atoms with Gasteiger partial charge >= 0.3 is 0 Å². The first kappa shape index (κ1) is 19.7. The zero-order valence-corrected chi connectivity index (χ0v) is 17.7. The number of ether oxygens (including phenoxy) is 1. The van der Waals surface area contributed by atoms with E-state index in [9.17, 15) is 4.79 Å². The van der Waals surface area contributed by atoms with E-state index in [0.717, 1.165) is 22.0 Å². The van der Waals surface area contributed by atoms with Gasteiger partial charge in [-0.15, -0.1) is 11.3 Å². The summed E-state index contributed by atoms with van der Waals surface area (Å²) in [7, 11) is 0. The zero-order valence-electron chi connectivity index (χ0n) is 15.4. The molecule has 7 heteroatoms. The van der Waals surface area contributed by atoms with Gasteiger partial charge in [-0.05, 0) is 35.9 Å². The van der Waals surface area contributed by atoms with Crippen molar-refractivity contribution in [1.82, 2.24) is 4.98 Å². The fourth-order valence-electron chi connectivity index (χ4n) is 2.93. The molecule has 0 aliphatic heterocycles. The number of hydrogen-bond donors (Lipinski definition) is 1. The number of aromatic nitrogens is 1. The van der Waals surface area contributed by atoms with Gasteiger partial charge in [-0.25, -0.2) is 4.98 Å². The van der Waals surface area contributed by atoms with Crippen molar-refractivity contribution < 1.29 is 9.53 Å². The monoisotopic (exact) mass is 442 g/mol. The third-order valence-electron chi connectivity index (χ3n) is 4.37. The fraction of sp³-hybridized carbons (Fsp3) is 0.0909. The van der Waals surface area contributed by atoms with Crippen LogP contribution >= 0.6 is 34.5 Å². The minimum Gasteiger partial charge on any atom is -0.479 e. The van der Waals surface area contributed by atoms with Crippen LogP contribution in [0.4, 0.5) is 5.13 Å². The Kier molecular flexibility index (Phi) is 5.72. The van der Waals surface area contributed by atoms with Gasteiger partial charge in [0.1, 0.15) is 5.75 Å². The summed E-state index contributed by atoms with van der Waals surface area (Å²) >= 11 is 13.4. The molecule has 1 N–H and O–H groups in total. The summed E-state index contributed by atoms with van der Waals surface area (Å²) in [4.78, 5) is 17.1. The lowest BCUT2D eigenvalue weighted by Crippen LogP contribution is -2.30. The smallest absolute Gasteiger partial charge is 0.266 e. The minimum absolute atomic E-state index is 0.310. The number of nitrogens with one attached hydrogen (secondary N) is 1. The highest BCUT2D eigenvalue weighted by Crippen LogP contribution is 2.31. The Morgan fingerprint density at radius 3 is 2.72 bits per heavy atom. The lowest BCUT2D eigenvalue weighted by atomic mass is 10.0. The molecule has 0 aliphatic carbocycles. The van der Waals surface area contributed by atoms with Gasteiger partial charge in [0, 0.05) is 16.0 Å². The molecular weight excluding hydrogens is 427 g/mol. The number of rotatable bonds is 5. The first-order chi connectivity index (χ1) is 14.0. The number of amides is 1. The summed E-state index contributed by atoms with van der Waals surface area (Å²) in [5, 5.41) is 8.36. The number of fused-ring (bicyclic) bond motifs is 1. The first-order valence-electron chi connectivity index (χ1n) is 8.87. The van der Waals surface area contributed by atoms with Crippen LogP contribution in [0, 0.1) is 0 Å². The van der Waals surface area contributed by atoms with Gasteiger partial charge in [0.25, 0.3) is 5.91 Å². The summed E-state index contributed by atoms with van der Waals surface area (Å²) in [5.74, 6) is 0.0872. The molecule has 1 amide bonds. The Bertz CT molecular complexity index is 1190. The molecule has 4 rings (SSSR count). The molecule has 0 spiro atoms. The van der Waals surface area contributed by atoms with E-state index in [2.05, 4.69) is 28.5 Å². The predicted octanol–water partition coefficient (Wildman–Crippen LogP) is 6.68. The highest BCUT2D eigenvalue weighted by atomic mass is 35.5. The molecule has 0 radical (unpaired) electrons. The molecule has 1 heterocycles. The number of carbonyl (C=O) groups excluding carboxylic acids is 1. The average molecular weight is 443 g/mol. The molecule has 0 bridgehead atoms. The molecule has 4 aromatic rings. The Morgan fingerprint density at radius 2 is 1.90 bits per heavy atom. The van der Waals surface area contributed by atoms with Crippen LogP contribution in [0.3, 0.4) is 0 Å². The van der Waals surface area contributed by atoms with Gasteiger partial charge in [0.15, 0.2) is 11.2 Å². The van der Waals surface area contributed by atoms with Crippen molar-refractivity contribution in [2.24, 2.45) is 0 Å². The maximum atomic E-state index is 12.5. The number of benzene rings is 3. The van der Waals surface area contributed by atoms with E-state index in [-0.39, 0.29) is 5.91 Å². The molecule has 4 nitrogen and oxygen atoms in total. The molecule has 0 saturated heterocycles. The maximum Gasteiger partial charge on any atom is 0.266 e. The lowest BCUT2D eigenvalue weighted by molar-refractivity contribution is -0.122. The van der Waals surface area contributed by atoms with E-state index < -0.39 is 6.10 Å². The topological polar surface area (TPSA) is 51.2 Å². The molecule has 1 aromatic heterocycles. The molecule has 0 saturated carbocycles. The van der Waals surface area contributed by atoms with Crippen LogP contribution in [-0.2, 0) is 4.79 Å². The normalized spacial score (nSPS) is 12.0. The molecule has 3 aromatic carbocycles. The number of thiazole rings is 1. The van der Waals surface area contributed by atoms with Crippen molar-refractivity contribution in [3.63, 3.8) is 0 Å². The average Bonchev–Trinajstić information content (AvgIpc) is 3.17. The van der Waals surface area contributed by atoms with Gasteiger partial charge in [-0.2, -0.15) is 0 Å². The van der Waals surface area contributed by atoms with E-state index in [1.54, 1.807) is 25.1 Å². The number of nitrogens with zero attached hydrogens (tertiary/aromatic N) is 1. The minimum atomic E-state index is -0.751. The molecular formula is C22H16Cl2N2O2S. The third kappa shape index (κ3) is 4.37. The number of halogens is 2. The van der Waals surface area contributed by atoms with Crippen LogP contribution in [-0.4, -0.2) is 17.0 Å². The van der Waals surface area contributed by atoms with Crippen LogP contribution in [0.15, 0.2) is 66.0 Å². The Balaban J connectivity index is 1.49. The van der Waals surface area contributed by atoms with Crippen molar-refractivity contribution in [2.75, 3.05) is 5.32 Å². The van der Waals surface area contributed by atoms with E-state index in [0.29, 0.717) is 20.9 Å². The standard InChI is InChI=1S/C22H16Cl2N2O2S/c1-13(28-20-10-9-15(23)11-18(20)24)21(27)26-22-25-19(12-29-22)17-8-4-6-14-5-2-3-7-16(14)17/h2-13H,1H3,(H,25,26,27)/t13-/m0/s1. The molecule has 29 heavy (non-hydrogen) atoms. The van der Waals surface area contributed by atoms with E-state index in [1.807, 2.05) is 29.6 Å². The Labute approximate surface area is 182 Å². The predicted molar refractivity (Wildman–Crippen MR) is 120 cm³/mol. The van der Waals surface area contributed by atoms with Crippen LogP contribution in [0.1, 0.15) is 6.92 Å². The highest BCUT2D eigenvalue weighted by molar-refractivity contribution is 7.14. The van der Waals surface area contributed by atoms with Gasteiger partial charge in [0.2, 0.25) is 0 Å². The first-order valence-corrected chi connectivity index (χ1v) is 10.5. The maximum absolute atomic E-state index is 12.5. The van der Waals surface area contributed by atoms with Crippen LogP contribution in [0.5, 0.6) is 5.75 Å². The summed E-state index contributed by atoms with van der Waals surface area (Å²) in [5.41, 5.74) is 1.84. The molecule has 0 fully saturated rings. The zero-order chi connectivity index (χ0) is 20.4. The molecule has 0 aliphatic rings. The number of hydrogen-bond acceptors (Lipinski definition) is 4. The van der Waals surface area contributed by atoms with Crippen molar-refractivity contribution in [3.8, 4) is 17.0 Å². The van der Waals surface area contributed by atoms with Crippen LogP contribution in [0.2, 0.25) is 10.0 Å².